The van der Waals surface area contributed by atoms with Gasteiger partial charge < -0.3 is 9.84 Å². The summed E-state index contributed by atoms with van der Waals surface area (Å²) in [5, 5.41) is 9.54. The Hall–Kier alpha value is -1.51. The van der Waals surface area contributed by atoms with Crippen LogP contribution >= 0.6 is 0 Å². The molecule has 1 N–H and O–H groups in total. The number of hydrogen-bond acceptors (Lipinski definition) is 3. The van der Waals surface area contributed by atoms with E-state index in [4.69, 9.17) is 4.74 Å². The van der Waals surface area contributed by atoms with E-state index in [0.717, 1.165) is 0 Å². The fourth-order valence-corrected chi connectivity index (χ4v) is 1.83. The Labute approximate surface area is 88.7 Å². The quantitative estimate of drug-likeness (QED) is 0.709. The molecule has 3 nitrogen and oxygen atoms in total. The van der Waals surface area contributed by atoms with Crippen molar-refractivity contribution in [2.24, 2.45) is 0 Å². The summed E-state index contributed by atoms with van der Waals surface area (Å²) in [5.74, 6) is 0.764. The van der Waals surface area contributed by atoms with Crippen LogP contribution in [-0.4, -0.2) is 16.5 Å². The lowest BCUT2D eigenvalue weighted by Gasteiger charge is -2.32. The summed E-state index contributed by atoms with van der Waals surface area (Å²) in [5.41, 5.74) is 0.723. The van der Waals surface area contributed by atoms with Crippen molar-refractivity contribution < 1.29 is 14.6 Å². The van der Waals surface area contributed by atoms with E-state index in [9.17, 15) is 9.90 Å². The third-order valence-electron chi connectivity index (χ3n) is 2.64. The van der Waals surface area contributed by atoms with Crippen molar-refractivity contribution in [2.45, 2.75) is 32.8 Å². The number of benzene rings is 1. The van der Waals surface area contributed by atoms with Crippen molar-refractivity contribution in [1.29, 1.82) is 0 Å². The summed E-state index contributed by atoms with van der Waals surface area (Å²) in [6, 6.07) is 3.16. The van der Waals surface area contributed by atoms with Crippen LogP contribution in [0.1, 0.15) is 36.2 Å². The molecule has 3 heteroatoms. The van der Waals surface area contributed by atoms with E-state index >= 15 is 0 Å². The summed E-state index contributed by atoms with van der Waals surface area (Å²) >= 11 is 0. The highest BCUT2D eigenvalue weighted by molar-refractivity contribution is 6.01. The molecule has 0 saturated carbocycles. The van der Waals surface area contributed by atoms with E-state index in [0.29, 0.717) is 23.3 Å². The van der Waals surface area contributed by atoms with Crippen LogP contribution in [0.15, 0.2) is 12.1 Å². The minimum absolute atomic E-state index is 0.0735. The molecule has 0 saturated heterocycles. The normalized spacial score (nSPS) is 18.2. The fourth-order valence-electron chi connectivity index (χ4n) is 1.83. The monoisotopic (exact) mass is 206 g/mol. The van der Waals surface area contributed by atoms with Crippen LogP contribution in [0.3, 0.4) is 0 Å². The Morgan fingerprint density at radius 2 is 2.07 bits per heavy atom. The lowest BCUT2D eigenvalue weighted by molar-refractivity contribution is 0.0614. The van der Waals surface area contributed by atoms with Gasteiger partial charge in [-0.05, 0) is 32.9 Å². The van der Waals surface area contributed by atoms with Crippen molar-refractivity contribution in [3.05, 3.63) is 23.3 Å². The van der Waals surface area contributed by atoms with Crippen LogP contribution in [0.25, 0.3) is 0 Å². The third kappa shape index (κ3) is 1.58. The Balaban J connectivity index is 2.61. The zero-order valence-electron chi connectivity index (χ0n) is 9.13. The van der Waals surface area contributed by atoms with Crippen molar-refractivity contribution in [2.75, 3.05) is 0 Å². The van der Waals surface area contributed by atoms with Gasteiger partial charge in [-0.15, -0.1) is 0 Å². The van der Waals surface area contributed by atoms with Crippen molar-refractivity contribution in [3.8, 4) is 11.5 Å². The fraction of sp³-hybridized carbons (Fsp3) is 0.417. The summed E-state index contributed by atoms with van der Waals surface area (Å²) < 4.78 is 5.72. The number of carbonyl (C=O) groups excluding carboxylic acids is 1. The van der Waals surface area contributed by atoms with Crippen molar-refractivity contribution in [3.63, 3.8) is 0 Å². The number of hydrogen-bond donors (Lipinski definition) is 1. The molecule has 0 aliphatic carbocycles. The molecule has 0 aromatic heterocycles. The lowest BCUT2D eigenvalue weighted by Crippen LogP contribution is -2.36. The molecule has 0 amide bonds. The van der Waals surface area contributed by atoms with Gasteiger partial charge in [0.1, 0.15) is 17.1 Å². The van der Waals surface area contributed by atoms with Crippen molar-refractivity contribution >= 4 is 5.78 Å². The number of Topliss-reactive ketones (excluding diaryl/α,β-unsaturated/α-hetero) is 1. The minimum atomic E-state index is -0.483. The molecule has 0 bridgehead atoms. The van der Waals surface area contributed by atoms with Gasteiger partial charge in [-0.25, -0.2) is 0 Å². The first-order valence-corrected chi connectivity index (χ1v) is 4.95. The number of carbonyl (C=O) groups is 1. The van der Waals surface area contributed by atoms with Crippen LogP contribution in [0.2, 0.25) is 0 Å². The SMILES string of the molecule is Cc1c(O)ccc2c1OC(C)(C)CC2=O. The van der Waals surface area contributed by atoms with Gasteiger partial charge in [0, 0.05) is 5.56 Å². The molecule has 0 atom stereocenters. The number of phenols is 1. The van der Waals surface area contributed by atoms with Gasteiger partial charge in [-0.2, -0.15) is 0 Å². The summed E-state index contributed by atoms with van der Waals surface area (Å²) in [4.78, 5) is 11.8. The molecule has 80 valence electrons. The van der Waals surface area contributed by atoms with E-state index in [1.165, 1.54) is 6.07 Å². The minimum Gasteiger partial charge on any atom is -0.508 e. The van der Waals surface area contributed by atoms with Crippen LogP contribution in [0, 0.1) is 6.92 Å². The highest BCUT2D eigenvalue weighted by atomic mass is 16.5. The second kappa shape index (κ2) is 2.99. The predicted octanol–water partition coefficient (Wildman–Crippen LogP) is 2.44. The molecule has 0 fully saturated rings. The van der Waals surface area contributed by atoms with Gasteiger partial charge in [0.25, 0.3) is 0 Å². The van der Waals surface area contributed by atoms with E-state index in [-0.39, 0.29) is 11.5 Å². The highest BCUT2D eigenvalue weighted by Crippen LogP contribution is 2.38. The van der Waals surface area contributed by atoms with Crippen LogP contribution in [0.5, 0.6) is 11.5 Å². The van der Waals surface area contributed by atoms with E-state index in [1.807, 2.05) is 13.8 Å². The summed E-state index contributed by atoms with van der Waals surface area (Å²) in [6.07, 6.45) is 0.379. The molecule has 1 aliphatic heterocycles. The topological polar surface area (TPSA) is 46.5 Å². The van der Waals surface area contributed by atoms with Gasteiger partial charge in [0.2, 0.25) is 0 Å². The van der Waals surface area contributed by atoms with Gasteiger partial charge in [-0.3, -0.25) is 4.79 Å². The molecule has 1 aromatic rings. The predicted molar refractivity (Wildman–Crippen MR) is 56.5 cm³/mol. The molecule has 0 radical (unpaired) electrons. The van der Waals surface area contributed by atoms with Gasteiger partial charge in [-0.1, -0.05) is 0 Å². The third-order valence-corrected chi connectivity index (χ3v) is 2.64. The maximum absolute atomic E-state index is 11.8. The number of ether oxygens (including phenoxy) is 1. The molecular formula is C12H14O3. The van der Waals surface area contributed by atoms with Crippen molar-refractivity contribution in [1.82, 2.24) is 0 Å². The molecule has 1 aromatic carbocycles. The molecule has 2 rings (SSSR count). The highest BCUT2D eigenvalue weighted by Gasteiger charge is 2.33. The van der Waals surface area contributed by atoms with Gasteiger partial charge in [0.05, 0.1) is 12.0 Å². The zero-order valence-corrected chi connectivity index (χ0v) is 9.13. The summed E-state index contributed by atoms with van der Waals surface area (Å²) in [6.45, 7) is 5.50. The maximum atomic E-state index is 11.8. The molecule has 1 aliphatic rings. The number of rotatable bonds is 0. The number of aromatic hydroxyl groups is 1. The zero-order chi connectivity index (χ0) is 11.2. The van der Waals surface area contributed by atoms with E-state index in [1.54, 1.807) is 13.0 Å². The van der Waals surface area contributed by atoms with Crippen LogP contribution in [-0.2, 0) is 0 Å². The number of phenolic OH excluding ortho intramolecular Hbond substituents is 1. The molecule has 15 heavy (non-hydrogen) atoms. The average molecular weight is 206 g/mol. The average Bonchev–Trinajstić information content (AvgIpc) is 2.10. The van der Waals surface area contributed by atoms with E-state index in [2.05, 4.69) is 0 Å². The smallest absolute Gasteiger partial charge is 0.170 e. The molecule has 0 unspecified atom stereocenters. The molecule has 0 spiro atoms. The van der Waals surface area contributed by atoms with Gasteiger partial charge in [0.15, 0.2) is 5.78 Å². The van der Waals surface area contributed by atoms with Gasteiger partial charge >= 0.3 is 0 Å². The lowest BCUT2D eigenvalue weighted by atomic mass is 9.91. The Bertz CT molecular complexity index is 433. The Kier molecular flexibility index (Phi) is 2.00. The first kappa shape index (κ1) is 10.0. The number of ketones is 1. The maximum Gasteiger partial charge on any atom is 0.170 e. The first-order valence-electron chi connectivity index (χ1n) is 4.95. The standard InChI is InChI=1S/C12H14O3/c1-7-9(13)5-4-8-10(14)6-12(2,3)15-11(7)8/h4-5,13H,6H2,1-3H3. The Morgan fingerprint density at radius 3 is 2.73 bits per heavy atom. The second-order valence-corrected chi connectivity index (χ2v) is 4.55. The second-order valence-electron chi connectivity index (χ2n) is 4.55. The van der Waals surface area contributed by atoms with Crippen LogP contribution in [0.4, 0.5) is 0 Å². The van der Waals surface area contributed by atoms with E-state index < -0.39 is 5.60 Å². The largest absolute Gasteiger partial charge is 0.508 e. The molecular weight excluding hydrogens is 192 g/mol. The molecule has 1 heterocycles. The Morgan fingerprint density at radius 1 is 1.40 bits per heavy atom. The van der Waals surface area contributed by atoms with Crippen LogP contribution < -0.4 is 4.74 Å². The first-order chi connectivity index (χ1) is 6.91. The number of fused-ring (bicyclic) bond motifs is 1. The summed E-state index contributed by atoms with van der Waals surface area (Å²) in [7, 11) is 0.